The van der Waals surface area contributed by atoms with E-state index in [1.165, 1.54) is 12.8 Å². The van der Waals surface area contributed by atoms with Gasteiger partial charge in [-0.15, -0.1) is 0 Å². The quantitative estimate of drug-likeness (QED) is 0.859. The molecule has 0 radical (unpaired) electrons. The summed E-state index contributed by atoms with van der Waals surface area (Å²) in [4.78, 5) is 7.97. The largest absolute Gasteiger partial charge is 0.342 e. The number of hydrogen-bond acceptors (Lipinski definition) is 2. The molecular formula is C13H16ClN3. The Bertz CT molecular complexity index is 514. The minimum absolute atomic E-state index is 0.708. The van der Waals surface area contributed by atoms with E-state index in [1.807, 2.05) is 18.2 Å². The fourth-order valence-electron chi connectivity index (χ4n) is 2.50. The molecular weight excluding hydrogens is 234 g/mol. The number of piperidine rings is 1. The number of nitrogens with zero attached hydrogens (tertiary/aromatic N) is 1. The van der Waals surface area contributed by atoms with Crippen molar-refractivity contribution in [3.05, 3.63) is 29.0 Å². The molecule has 0 amide bonds. The van der Waals surface area contributed by atoms with Crippen molar-refractivity contribution in [2.45, 2.75) is 19.3 Å². The number of aromatic nitrogens is 2. The number of aromatic amines is 1. The maximum absolute atomic E-state index is 5.96. The lowest BCUT2D eigenvalue weighted by Gasteiger charge is -2.21. The molecule has 17 heavy (non-hydrogen) atoms. The second-order valence-corrected chi connectivity index (χ2v) is 5.20. The van der Waals surface area contributed by atoms with Crippen LogP contribution in [0.3, 0.4) is 0 Å². The Morgan fingerprint density at radius 2 is 2.35 bits per heavy atom. The maximum atomic E-state index is 5.96. The maximum Gasteiger partial charge on any atom is 0.107 e. The van der Waals surface area contributed by atoms with E-state index in [9.17, 15) is 0 Å². The third-order valence-electron chi connectivity index (χ3n) is 3.37. The summed E-state index contributed by atoms with van der Waals surface area (Å²) < 4.78 is 0. The number of benzene rings is 1. The van der Waals surface area contributed by atoms with E-state index < -0.39 is 0 Å². The highest BCUT2D eigenvalue weighted by atomic mass is 35.5. The first-order valence-corrected chi connectivity index (χ1v) is 6.54. The SMILES string of the molecule is Clc1ccc2nc(C[C@@H]3CCCNC3)[nH]c2c1. The van der Waals surface area contributed by atoms with Gasteiger partial charge in [-0.2, -0.15) is 0 Å². The number of rotatable bonds is 2. The minimum atomic E-state index is 0.708. The van der Waals surface area contributed by atoms with Gasteiger partial charge >= 0.3 is 0 Å². The summed E-state index contributed by atoms with van der Waals surface area (Å²) in [5, 5.41) is 4.19. The van der Waals surface area contributed by atoms with Crippen LogP contribution in [0.25, 0.3) is 11.0 Å². The van der Waals surface area contributed by atoms with Crippen molar-refractivity contribution in [2.24, 2.45) is 5.92 Å². The van der Waals surface area contributed by atoms with Gasteiger partial charge in [0.25, 0.3) is 0 Å². The predicted molar refractivity (Wildman–Crippen MR) is 70.4 cm³/mol. The molecule has 1 atom stereocenters. The normalized spacial score (nSPS) is 20.9. The Balaban J connectivity index is 1.80. The predicted octanol–water partition coefficient (Wildman–Crippen LogP) is 2.76. The first-order valence-electron chi connectivity index (χ1n) is 6.16. The van der Waals surface area contributed by atoms with Gasteiger partial charge in [0.05, 0.1) is 11.0 Å². The fraction of sp³-hybridized carbons (Fsp3) is 0.462. The van der Waals surface area contributed by atoms with E-state index in [2.05, 4.69) is 15.3 Å². The standard InChI is InChI=1S/C13H16ClN3/c14-10-3-4-11-12(7-10)17-13(16-11)6-9-2-1-5-15-8-9/h3-4,7,9,15H,1-2,5-6,8H2,(H,16,17)/t9-/m0/s1. The van der Waals surface area contributed by atoms with Crippen LogP contribution in [0, 0.1) is 5.92 Å². The van der Waals surface area contributed by atoms with E-state index in [1.54, 1.807) is 0 Å². The molecule has 2 aromatic rings. The Kier molecular flexibility index (Phi) is 3.04. The van der Waals surface area contributed by atoms with Gasteiger partial charge < -0.3 is 10.3 Å². The summed E-state index contributed by atoms with van der Waals surface area (Å²) in [6, 6.07) is 5.79. The zero-order chi connectivity index (χ0) is 11.7. The van der Waals surface area contributed by atoms with Crippen LogP contribution in [0.15, 0.2) is 18.2 Å². The van der Waals surface area contributed by atoms with E-state index in [4.69, 9.17) is 11.6 Å². The molecule has 0 aliphatic carbocycles. The fourth-order valence-corrected chi connectivity index (χ4v) is 2.68. The van der Waals surface area contributed by atoms with Crippen molar-refractivity contribution >= 4 is 22.6 Å². The van der Waals surface area contributed by atoms with Crippen LogP contribution in [0.1, 0.15) is 18.7 Å². The van der Waals surface area contributed by atoms with Crippen molar-refractivity contribution in [3.8, 4) is 0 Å². The Morgan fingerprint density at radius 3 is 3.18 bits per heavy atom. The molecule has 4 heteroatoms. The lowest BCUT2D eigenvalue weighted by atomic mass is 9.96. The molecule has 1 aromatic heterocycles. The Hall–Kier alpha value is -1.06. The van der Waals surface area contributed by atoms with Gasteiger partial charge in [0.1, 0.15) is 5.82 Å². The molecule has 1 saturated heterocycles. The molecule has 1 aromatic carbocycles. The third-order valence-corrected chi connectivity index (χ3v) is 3.61. The molecule has 0 bridgehead atoms. The first kappa shape index (κ1) is 11.1. The van der Waals surface area contributed by atoms with E-state index >= 15 is 0 Å². The monoisotopic (exact) mass is 249 g/mol. The highest BCUT2D eigenvalue weighted by molar-refractivity contribution is 6.31. The molecule has 1 aliphatic heterocycles. The lowest BCUT2D eigenvalue weighted by Crippen LogP contribution is -2.31. The molecule has 0 unspecified atom stereocenters. The summed E-state index contributed by atoms with van der Waals surface area (Å²) in [5.74, 6) is 1.79. The number of halogens is 1. The van der Waals surface area contributed by atoms with Crippen molar-refractivity contribution in [2.75, 3.05) is 13.1 Å². The van der Waals surface area contributed by atoms with Crippen LogP contribution in [-0.4, -0.2) is 23.1 Å². The summed E-state index contributed by atoms with van der Waals surface area (Å²) in [5.41, 5.74) is 2.05. The van der Waals surface area contributed by atoms with Gasteiger partial charge in [-0.25, -0.2) is 4.98 Å². The summed E-state index contributed by atoms with van der Waals surface area (Å²) in [6.07, 6.45) is 3.60. The number of nitrogens with one attached hydrogen (secondary N) is 2. The van der Waals surface area contributed by atoms with Crippen LogP contribution < -0.4 is 5.32 Å². The molecule has 3 nitrogen and oxygen atoms in total. The van der Waals surface area contributed by atoms with Crippen LogP contribution in [0.5, 0.6) is 0 Å². The van der Waals surface area contributed by atoms with Crippen LogP contribution >= 0.6 is 11.6 Å². The number of H-pyrrole nitrogens is 1. The third kappa shape index (κ3) is 2.45. The zero-order valence-corrected chi connectivity index (χ0v) is 10.4. The average Bonchev–Trinajstić information content (AvgIpc) is 2.71. The number of fused-ring (bicyclic) bond motifs is 1. The zero-order valence-electron chi connectivity index (χ0n) is 9.67. The van der Waals surface area contributed by atoms with E-state index in [0.29, 0.717) is 5.92 Å². The molecule has 1 aliphatic rings. The Labute approximate surface area is 106 Å². The van der Waals surface area contributed by atoms with Gasteiger partial charge in [-0.1, -0.05) is 11.6 Å². The van der Waals surface area contributed by atoms with Crippen LogP contribution in [-0.2, 0) is 6.42 Å². The second-order valence-electron chi connectivity index (χ2n) is 4.76. The van der Waals surface area contributed by atoms with Crippen molar-refractivity contribution in [1.82, 2.24) is 15.3 Å². The number of hydrogen-bond donors (Lipinski definition) is 2. The molecule has 1 fully saturated rings. The van der Waals surface area contributed by atoms with Gasteiger partial charge in [-0.05, 0) is 50.0 Å². The van der Waals surface area contributed by atoms with Gasteiger partial charge in [-0.3, -0.25) is 0 Å². The highest BCUT2D eigenvalue weighted by Gasteiger charge is 2.15. The summed E-state index contributed by atoms with van der Waals surface area (Å²) in [6.45, 7) is 2.27. The molecule has 3 rings (SSSR count). The van der Waals surface area contributed by atoms with Crippen LogP contribution in [0.4, 0.5) is 0 Å². The van der Waals surface area contributed by atoms with E-state index in [-0.39, 0.29) is 0 Å². The smallest absolute Gasteiger partial charge is 0.107 e. The van der Waals surface area contributed by atoms with Crippen molar-refractivity contribution in [3.63, 3.8) is 0 Å². The van der Waals surface area contributed by atoms with Gasteiger partial charge in [0, 0.05) is 11.4 Å². The van der Waals surface area contributed by atoms with E-state index in [0.717, 1.165) is 41.4 Å². The lowest BCUT2D eigenvalue weighted by molar-refractivity contribution is 0.371. The summed E-state index contributed by atoms with van der Waals surface area (Å²) in [7, 11) is 0. The molecule has 2 heterocycles. The van der Waals surface area contributed by atoms with Crippen molar-refractivity contribution < 1.29 is 0 Å². The van der Waals surface area contributed by atoms with Crippen LogP contribution in [0.2, 0.25) is 5.02 Å². The molecule has 0 saturated carbocycles. The number of imidazole rings is 1. The summed E-state index contributed by atoms with van der Waals surface area (Å²) >= 11 is 5.96. The first-order chi connectivity index (χ1) is 8.31. The highest BCUT2D eigenvalue weighted by Crippen LogP contribution is 2.20. The Morgan fingerprint density at radius 1 is 1.41 bits per heavy atom. The topological polar surface area (TPSA) is 40.7 Å². The van der Waals surface area contributed by atoms with Gasteiger partial charge in [0.2, 0.25) is 0 Å². The minimum Gasteiger partial charge on any atom is -0.342 e. The van der Waals surface area contributed by atoms with Gasteiger partial charge in [0.15, 0.2) is 0 Å². The second kappa shape index (κ2) is 4.67. The average molecular weight is 250 g/mol. The molecule has 90 valence electrons. The molecule has 2 N–H and O–H groups in total. The van der Waals surface area contributed by atoms with Crippen molar-refractivity contribution in [1.29, 1.82) is 0 Å². The molecule has 0 spiro atoms.